The Kier molecular flexibility index (Phi) is 7.99. The average Bonchev–Trinajstić information content (AvgIpc) is 2.73. The summed E-state index contributed by atoms with van der Waals surface area (Å²) in [6.07, 6.45) is 1.95. The summed E-state index contributed by atoms with van der Waals surface area (Å²) in [6, 6.07) is 12.7. The van der Waals surface area contributed by atoms with Crippen molar-refractivity contribution in [2.75, 3.05) is 36.9 Å². The zero-order valence-electron chi connectivity index (χ0n) is 17.2. The molecule has 0 aliphatic heterocycles. The van der Waals surface area contributed by atoms with Gasteiger partial charge in [-0.05, 0) is 56.7 Å². The third kappa shape index (κ3) is 5.55. The second-order valence-corrected chi connectivity index (χ2v) is 6.66. The topological polar surface area (TPSA) is 65.5 Å². The SMILES string of the molecule is CCCCN(C)C(=O)c1cccc(C(=O)Nc2ccc(N(CC)CC)cc2)n1. The van der Waals surface area contributed by atoms with Crippen LogP contribution in [-0.2, 0) is 0 Å². The van der Waals surface area contributed by atoms with E-state index in [4.69, 9.17) is 0 Å². The van der Waals surface area contributed by atoms with Gasteiger partial charge in [-0.3, -0.25) is 9.59 Å². The van der Waals surface area contributed by atoms with Crippen molar-refractivity contribution in [3.05, 3.63) is 53.9 Å². The quantitative estimate of drug-likeness (QED) is 0.710. The number of benzene rings is 1. The van der Waals surface area contributed by atoms with Crippen LogP contribution < -0.4 is 10.2 Å². The van der Waals surface area contributed by atoms with Gasteiger partial charge in [0.2, 0.25) is 0 Å². The highest BCUT2D eigenvalue weighted by Crippen LogP contribution is 2.18. The predicted molar refractivity (Wildman–Crippen MR) is 114 cm³/mol. The lowest BCUT2D eigenvalue weighted by molar-refractivity contribution is 0.0787. The molecule has 0 fully saturated rings. The Morgan fingerprint density at radius 3 is 2.21 bits per heavy atom. The second kappa shape index (κ2) is 10.4. The molecule has 0 saturated heterocycles. The lowest BCUT2D eigenvalue weighted by Crippen LogP contribution is -2.29. The Hall–Kier alpha value is -2.89. The van der Waals surface area contributed by atoms with E-state index in [9.17, 15) is 9.59 Å². The van der Waals surface area contributed by atoms with Crippen LogP contribution in [0, 0.1) is 0 Å². The number of carbonyl (C=O) groups is 2. The van der Waals surface area contributed by atoms with Crippen LogP contribution in [0.1, 0.15) is 54.6 Å². The number of pyridine rings is 1. The zero-order chi connectivity index (χ0) is 20.5. The molecule has 0 aliphatic carbocycles. The maximum absolute atomic E-state index is 12.6. The molecule has 0 atom stereocenters. The molecule has 0 aliphatic rings. The van der Waals surface area contributed by atoms with Crippen molar-refractivity contribution in [2.24, 2.45) is 0 Å². The first kappa shape index (κ1) is 21.4. The maximum atomic E-state index is 12.6. The third-order valence-electron chi connectivity index (χ3n) is 4.65. The maximum Gasteiger partial charge on any atom is 0.274 e. The van der Waals surface area contributed by atoms with E-state index in [0.717, 1.165) is 31.6 Å². The summed E-state index contributed by atoms with van der Waals surface area (Å²) in [7, 11) is 1.75. The van der Waals surface area contributed by atoms with Crippen molar-refractivity contribution in [3.8, 4) is 0 Å². The molecule has 1 aromatic carbocycles. The Bertz CT molecular complexity index is 785. The fourth-order valence-corrected chi connectivity index (χ4v) is 2.91. The van der Waals surface area contributed by atoms with Crippen LogP contribution >= 0.6 is 0 Å². The number of hydrogen-bond donors (Lipinski definition) is 1. The number of nitrogens with zero attached hydrogens (tertiary/aromatic N) is 3. The van der Waals surface area contributed by atoms with Gasteiger partial charge in [-0.2, -0.15) is 0 Å². The summed E-state index contributed by atoms with van der Waals surface area (Å²) in [4.78, 5) is 33.2. The number of amides is 2. The van der Waals surface area contributed by atoms with Crippen LogP contribution in [0.15, 0.2) is 42.5 Å². The minimum atomic E-state index is -0.332. The molecular weight excluding hydrogens is 352 g/mol. The Balaban J connectivity index is 2.07. The molecule has 6 nitrogen and oxygen atoms in total. The van der Waals surface area contributed by atoms with Crippen molar-refractivity contribution in [2.45, 2.75) is 33.6 Å². The first-order valence-electron chi connectivity index (χ1n) is 9.89. The fourth-order valence-electron chi connectivity index (χ4n) is 2.91. The van der Waals surface area contributed by atoms with E-state index in [2.05, 4.69) is 36.0 Å². The lowest BCUT2D eigenvalue weighted by atomic mass is 10.2. The number of carbonyl (C=O) groups excluding carboxylic acids is 2. The lowest BCUT2D eigenvalue weighted by Gasteiger charge is -2.21. The van der Waals surface area contributed by atoms with Crippen molar-refractivity contribution in [1.82, 2.24) is 9.88 Å². The van der Waals surface area contributed by atoms with E-state index >= 15 is 0 Å². The number of aromatic nitrogens is 1. The van der Waals surface area contributed by atoms with Crippen LogP contribution in [0.2, 0.25) is 0 Å². The number of hydrogen-bond acceptors (Lipinski definition) is 4. The van der Waals surface area contributed by atoms with Crippen molar-refractivity contribution >= 4 is 23.2 Å². The average molecular weight is 383 g/mol. The molecule has 150 valence electrons. The molecule has 0 saturated carbocycles. The van der Waals surface area contributed by atoms with E-state index in [0.29, 0.717) is 12.2 Å². The van der Waals surface area contributed by atoms with Gasteiger partial charge in [-0.25, -0.2) is 4.98 Å². The van der Waals surface area contributed by atoms with Gasteiger partial charge in [0, 0.05) is 38.1 Å². The van der Waals surface area contributed by atoms with E-state index in [1.807, 2.05) is 24.3 Å². The zero-order valence-corrected chi connectivity index (χ0v) is 17.2. The molecular formula is C22H30N4O2. The minimum absolute atomic E-state index is 0.174. The summed E-state index contributed by atoms with van der Waals surface area (Å²) in [6.45, 7) is 8.83. The van der Waals surface area contributed by atoms with Crippen LogP contribution in [0.3, 0.4) is 0 Å². The Labute approximate surface area is 167 Å². The van der Waals surface area contributed by atoms with Crippen molar-refractivity contribution in [3.63, 3.8) is 0 Å². The third-order valence-corrected chi connectivity index (χ3v) is 4.65. The Morgan fingerprint density at radius 2 is 1.61 bits per heavy atom. The highest BCUT2D eigenvalue weighted by Gasteiger charge is 2.15. The fraction of sp³-hybridized carbons (Fsp3) is 0.409. The first-order valence-corrected chi connectivity index (χ1v) is 9.89. The van der Waals surface area contributed by atoms with Crippen LogP contribution in [0.25, 0.3) is 0 Å². The van der Waals surface area contributed by atoms with Crippen LogP contribution in [0.4, 0.5) is 11.4 Å². The Morgan fingerprint density at radius 1 is 0.964 bits per heavy atom. The summed E-state index contributed by atoms with van der Waals surface area (Å²) < 4.78 is 0. The number of rotatable bonds is 9. The molecule has 0 unspecified atom stereocenters. The van der Waals surface area contributed by atoms with Crippen LogP contribution in [-0.4, -0.2) is 48.4 Å². The van der Waals surface area contributed by atoms with Gasteiger partial charge in [0.15, 0.2) is 0 Å². The highest BCUT2D eigenvalue weighted by molar-refractivity contribution is 6.03. The highest BCUT2D eigenvalue weighted by atomic mass is 16.2. The second-order valence-electron chi connectivity index (χ2n) is 6.66. The molecule has 28 heavy (non-hydrogen) atoms. The van der Waals surface area contributed by atoms with Gasteiger partial charge in [-0.15, -0.1) is 0 Å². The molecule has 1 aromatic heterocycles. The van der Waals surface area contributed by atoms with Gasteiger partial charge in [0.1, 0.15) is 11.4 Å². The largest absolute Gasteiger partial charge is 0.372 e. The van der Waals surface area contributed by atoms with Crippen LogP contribution in [0.5, 0.6) is 0 Å². The monoisotopic (exact) mass is 382 g/mol. The molecule has 2 aromatic rings. The molecule has 0 spiro atoms. The summed E-state index contributed by atoms with van der Waals surface area (Å²) in [5.41, 5.74) is 2.31. The molecule has 0 bridgehead atoms. The molecule has 6 heteroatoms. The van der Waals surface area contributed by atoms with Crippen molar-refractivity contribution < 1.29 is 9.59 Å². The smallest absolute Gasteiger partial charge is 0.274 e. The molecule has 0 radical (unpaired) electrons. The van der Waals surface area contributed by atoms with Gasteiger partial charge >= 0.3 is 0 Å². The minimum Gasteiger partial charge on any atom is -0.372 e. The number of nitrogens with one attached hydrogen (secondary N) is 1. The van der Waals surface area contributed by atoms with E-state index in [-0.39, 0.29) is 23.2 Å². The van der Waals surface area contributed by atoms with Crippen molar-refractivity contribution in [1.29, 1.82) is 0 Å². The summed E-state index contributed by atoms with van der Waals surface area (Å²) in [5, 5.41) is 2.85. The van der Waals surface area contributed by atoms with E-state index < -0.39 is 0 Å². The molecule has 1 heterocycles. The molecule has 2 rings (SSSR count). The predicted octanol–water partition coefficient (Wildman–Crippen LogP) is 4.05. The molecule has 2 amide bonds. The summed E-state index contributed by atoms with van der Waals surface area (Å²) in [5.74, 6) is -0.506. The number of unbranched alkanes of at least 4 members (excludes halogenated alkanes) is 1. The van der Waals surface area contributed by atoms with E-state index in [1.54, 1.807) is 30.1 Å². The van der Waals surface area contributed by atoms with Gasteiger partial charge in [-0.1, -0.05) is 19.4 Å². The number of anilines is 2. The van der Waals surface area contributed by atoms with Gasteiger partial charge in [0.25, 0.3) is 11.8 Å². The van der Waals surface area contributed by atoms with E-state index in [1.165, 1.54) is 0 Å². The molecule has 1 N–H and O–H groups in total. The van der Waals surface area contributed by atoms with Gasteiger partial charge in [0.05, 0.1) is 0 Å². The standard InChI is InChI=1S/C22H30N4O2/c1-5-8-16-25(4)22(28)20-11-9-10-19(24-20)21(27)23-17-12-14-18(15-13-17)26(6-2)7-3/h9-15H,5-8,16H2,1-4H3,(H,23,27). The first-order chi connectivity index (χ1) is 13.5. The van der Waals surface area contributed by atoms with Gasteiger partial charge < -0.3 is 15.1 Å². The normalized spacial score (nSPS) is 10.4. The summed E-state index contributed by atoms with van der Waals surface area (Å²) >= 11 is 0.